The van der Waals surface area contributed by atoms with Crippen LogP contribution < -0.4 is 4.90 Å². The van der Waals surface area contributed by atoms with E-state index in [-0.39, 0.29) is 6.10 Å². The van der Waals surface area contributed by atoms with Crippen molar-refractivity contribution >= 4 is 5.69 Å². The molecule has 0 bridgehead atoms. The molecule has 0 spiro atoms. The summed E-state index contributed by atoms with van der Waals surface area (Å²) in [5, 5.41) is 20.1. The molecule has 110 valence electrons. The van der Waals surface area contributed by atoms with Gasteiger partial charge in [-0.3, -0.25) is 4.90 Å². The van der Waals surface area contributed by atoms with E-state index >= 15 is 0 Å². The van der Waals surface area contributed by atoms with Gasteiger partial charge in [-0.25, -0.2) is 0 Å². The third kappa shape index (κ3) is 2.76. The molecule has 2 atom stereocenters. The lowest BCUT2D eigenvalue weighted by atomic mass is 9.91. The molecule has 2 unspecified atom stereocenters. The van der Waals surface area contributed by atoms with Crippen LogP contribution >= 0.6 is 0 Å². The molecule has 1 aromatic carbocycles. The second-order valence-corrected chi connectivity index (χ2v) is 5.93. The summed E-state index contributed by atoms with van der Waals surface area (Å²) in [4.78, 5) is 4.67. The Morgan fingerprint density at radius 3 is 2.35 bits per heavy atom. The fourth-order valence-electron chi connectivity index (χ4n) is 3.54. The Labute approximate surface area is 120 Å². The predicted octanol–water partition coefficient (Wildman–Crippen LogP) is 1.82. The van der Waals surface area contributed by atoms with Gasteiger partial charge in [-0.1, -0.05) is 25.0 Å². The van der Waals surface area contributed by atoms with Crippen LogP contribution in [0.15, 0.2) is 24.3 Å². The van der Waals surface area contributed by atoms with Gasteiger partial charge in [0.15, 0.2) is 0 Å². The molecule has 4 nitrogen and oxygen atoms in total. The first-order valence-electron chi connectivity index (χ1n) is 7.71. The minimum Gasteiger partial charge on any atom is -0.506 e. The molecular formula is C16H24N2O2. The van der Waals surface area contributed by atoms with Crippen LogP contribution in [-0.4, -0.2) is 53.4 Å². The number of benzene rings is 1. The van der Waals surface area contributed by atoms with Gasteiger partial charge in [0, 0.05) is 32.2 Å². The minimum atomic E-state index is -0.152. The highest BCUT2D eigenvalue weighted by molar-refractivity contribution is 5.57. The number of aliphatic hydroxyl groups excluding tert-OH is 1. The van der Waals surface area contributed by atoms with Crippen LogP contribution in [0, 0.1) is 0 Å². The summed E-state index contributed by atoms with van der Waals surface area (Å²) in [7, 11) is 0. The molecule has 1 aliphatic heterocycles. The number of aromatic hydroxyl groups is 1. The number of aliphatic hydroxyl groups is 1. The van der Waals surface area contributed by atoms with E-state index in [4.69, 9.17) is 0 Å². The zero-order valence-corrected chi connectivity index (χ0v) is 11.9. The fraction of sp³-hybridized carbons (Fsp3) is 0.625. The Bertz CT molecular complexity index is 444. The van der Waals surface area contributed by atoms with Gasteiger partial charge in [0.2, 0.25) is 0 Å². The van der Waals surface area contributed by atoms with Crippen molar-refractivity contribution in [1.29, 1.82) is 0 Å². The van der Waals surface area contributed by atoms with Crippen molar-refractivity contribution in [3.8, 4) is 5.75 Å². The van der Waals surface area contributed by atoms with Crippen LogP contribution in [0.4, 0.5) is 5.69 Å². The maximum absolute atomic E-state index is 10.2. The van der Waals surface area contributed by atoms with Gasteiger partial charge < -0.3 is 15.1 Å². The maximum atomic E-state index is 10.2. The lowest BCUT2D eigenvalue weighted by Gasteiger charge is -2.43. The number of anilines is 1. The van der Waals surface area contributed by atoms with Crippen LogP contribution in [0.1, 0.15) is 25.7 Å². The summed E-state index contributed by atoms with van der Waals surface area (Å²) < 4.78 is 0. The first-order chi connectivity index (χ1) is 9.75. The Balaban J connectivity index is 1.61. The van der Waals surface area contributed by atoms with E-state index in [9.17, 15) is 10.2 Å². The van der Waals surface area contributed by atoms with Gasteiger partial charge in [0.25, 0.3) is 0 Å². The van der Waals surface area contributed by atoms with Crippen LogP contribution in [0.25, 0.3) is 0 Å². The molecular weight excluding hydrogens is 252 g/mol. The molecule has 1 aliphatic carbocycles. The first kappa shape index (κ1) is 13.7. The molecule has 0 aromatic heterocycles. The molecule has 0 radical (unpaired) electrons. The third-order valence-corrected chi connectivity index (χ3v) is 4.70. The monoisotopic (exact) mass is 276 g/mol. The van der Waals surface area contributed by atoms with Crippen molar-refractivity contribution in [3.05, 3.63) is 24.3 Å². The molecule has 1 aromatic rings. The number of phenols is 1. The van der Waals surface area contributed by atoms with Crippen molar-refractivity contribution in [2.24, 2.45) is 0 Å². The fourth-order valence-corrected chi connectivity index (χ4v) is 3.54. The number of para-hydroxylation sites is 2. The average Bonchev–Trinajstić information content (AvgIpc) is 2.49. The smallest absolute Gasteiger partial charge is 0.138 e. The number of piperazine rings is 1. The van der Waals surface area contributed by atoms with Crippen molar-refractivity contribution in [1.82, 2.24) is 4.90 Å². The number of hydrogen-bond donors (Lipinski definition) is 2. The van der Waals surface area contributed by atoms with Gasteiger partial charge >= 0.3 is 0 Å². The molecule has 1 saturated heterocycles. The van der Waals surface area contributed by atoms with E-state index in [1.807, 2.05) is 18.2 Å². The van der Waals surface area contributed by atoms with Gasteiger partial charge in [-0.2, -0.15) is 0 Å². The normalized spacial score (nSPS) is 28.6. The number of rotatable bonds is 2. The van der Waals surface area contributed by atoms with Crippen LogP contribution in [0.5, 0.6) is 5.75 Å². The molecule has 0 amide bonds. The van der Waals surface area contributed by atoms with E-state index in [0.29, 0.717) is 11.8 Å². The number of phenolic OH excluding ortho intramolecular Hbond substituents is 1. The maximum Gasteiger partial charge on any atom is 0.138 e. The van der Waals surface area contributed by atoms with Gasteiger partial charge in [-0.15, -0.1) is 0 Å². The molecule has 2 fully saturated rings. The Hall–Kier alpha value is -1.26. The van der Waals surface area contributed by atoms with E-state index in [1.165, 1.54) is 6.42 Å². The molecule has 4 heteroatoms. The van der Waals surface area contributed by atoms with Crippen LogP contribution in [0.3, 0.4) is 0 Å². The second-order valence-electron chi connectivity index (χ2n) is 5.93. The molecule has 2 aliphatic rings. The Morgan fingerprint density at radius 1 is 0.950 bits per heavy atom. The Morgan fingerprint density at radius 2 is 1.65 bits per heavy atom. The summed E-state index contributed by atoms with van der Waals surface area (Å²) in [6.07, 6.45) is 4.32. The largest absolute Gasteiger partial charge is 0.506 e. The summed E-state index contributed by atoms with van der Waals surface area (Å²) in [6.45, 7) is 3.77. The second kappa shape index (κ2) is 6.02. The SMILES string of the molecule is Oc1ccccc1N1CCN(C2CCCCC2O)CC1. The van der Waals surface area contributed by atoms with Crippen LogP contribution in [0.2, 0.25) is 0 Å². The number of hydrogen-bond acceptors (Lipinski definition) is 4. The van der Waals surface area contributed by atoms with Crippen molar-refractivity contribution in [2.45, 2.75) is 37.8 Å². The summed E-state index contributed by atoms with van der Waals surface area (Å²) >= 11 is 0. The van der Waals surface area contributed by atoms with E-state index in [2.05, 4.69) is 9.80 Å². The summed E-state index contributed by atoms with van der Waals surface area (Å²) in [5.74, 6) is 0.360. The molecule has 3 rings (SSSR count). The van der Waals surface area contributed by atoms with Gasteiger partial charge in [0.05, 0.1) is 11.8 Å². The topological polar surface area (TPSA) is 46.9 Å². The lowest BCUT2D eigenvalue weighted by molar-refractivity contribution is 0.0173. The van der Waals surface area contributed by atoms with Gasteiger partial charge in [-0.05, 0) is 25.0 Å². The van der Waals surface area contributed by atoms with Gasteiger partial charge in [0.1, 0.15) is 5.75 Å². The van der Waals surface area contributed by atoms with Crippen molar-refractivity contribution in [2.75, 3.05) is 31.1 Å². The zero-order valence-electron chi connectivity index (χ0n) is 11.9. The highest BCUT2D eigenvalue weighted by atomic mass is 16.3. The lowest BCUT2D eigenvalue weighted by Crippen LogP contribution is -2.54. The highest BCUT2D eigenvalue weighted by Gasteiger charge is 2.31. The zero-order chi connectivity index (χ0) is 13.9. The average molecular weight is 276 g/mol. The molecule has 1 saturated carbocycles. The van der Waals surface area contributed by atoms with Crippen molar-refractivity contribution in [3.63, 3.8) is 0 Å². The van der Waals surface area contributed by atoms with Crippen LogP contribution in [-0.2, 0) is 0 Å². The third-order valence-electron chi connectivity index (χ3n) is 4.70. The minimum absolute atomic E-state index is 0.152. The van der Waals surface area contributed by atoms with Crippen molar-refractivity contribution < 1.29 is 10.2 Å². The van der Waals surface area contributed by atoms with E-state index in [0.717, 1.165) is 51.1 Å². The van der Waals surface area contributed by atoms with E-state index in [1.54, 1.807) is 6.07 Å². The Kier molecular flexibility index (Phi) is 4.13. The predicted molar refractivity (Wildman–Crippen MR) is 80.2 cm³/mol. The summed E-state index contributed by atoms with van der Waals surface area (Å²) in [5.41, 5.74) is 0.927. The highest BCUT2D eigenvalue weighted by Crippen LogP contribution is 2.29. The first-order valence-corrected chi connectivity index (χ1v) is 7.71. The summed E-state index contributed by atoms with van der Waals surface area (Å²) in [6, 6.07) is 7.88. The number of nitrogens with zero attached hydrogens (tertiary/aromatic N) is 2. The van der Waals surface area contributed by atoms with E-state index < -0.39 is 0 Å². The molecule has 20 heavy (non-hydrogen) atoms. The molecule has 1 heterocycles. The standard InChI is InChI=1S/C16H24N2O2/c19-15-7-3-1-5-13(15)17-9-11-18(12-10-17)14-6-2-4-8-16(14)20/h1,3,5,7,14,16,19-20H,2,4,6,8-12H2. The molecule has 2 N–H and O–H groups in total. The quantitative estimate of drug-likeness (QED) is 0.865.